The van der Waals surface area contributed by atoms with Crippen molar-refractivity contribution >= 4 is 6.41 Å². The van der Waals surface area contributed by atoms with E-state index in [1.807, 2.05) is 0 Å². The Morgan fingerprint density at radius 2 is 1.86 bits per heavy atom. The molecule has 0 radical (unpaired) electrons. The lowest BCUT2D eigenvalue weighted by Gasteiger charge is -2.02. The molecule has 0 saturated carbocycles. The highest BCUT2D eigenvalue weighted by Crippen LogP contribution is 1.80. The van der Waals surface area contributed by atoms with Gasteiger partial charge in [-0.25, -0.2) is 8.78 Å². The molecular weight excluding hydrogens is 104 g/mol. The number of hydrogen-bond acceptors (Lipinski definition) is 1. The quantitative estimate of drug-likeness (QED) is 0.377. The van der Waals surface area contributed by atoms with Gasteiger partial charge in [-0.3, -0.25) is 9.69 Å². The molecule has 0 saturated heterocycles. The van der Waals surface area contributed by atoms with E-state index in [9.17, 15) is 13.6 Å². The highest BCUT2D eigenvalue weighted by atomic mass is 19.1. The molecule has 0 aliphatic rings. The average Bonchev–Trinajstić information content (AvgIpc) is 1.72. The van der Waals surface area contributed by atoms with Gasteiger partial charge < -0.3 is 0 Å². The van der Waals surface area contributed by atoms with Gasteiger partial charge in [-0.1, -0.05) is 0 Å². The zero-order chi connectivity index (χ0) is 5.70. The van der Waals surface area contributed by atoms with E-state index in [1.54, 1.807) is 0 Å². The number of halogens is 2. The molecule has 0 aromatic rings. The third-order valence-electron chi connectivity index (χ3n) is 0.456. The largest absolute Gasteiger partial charge is 0.289 e. The lowest BCUT2D eigenvalue weighted by molar-refractivity contribution is -0.121. The maximum atomic E-state index is 11.1. The number of alkyl halides is 2. The molecule has 42 valence electrons. The minimum Gasteiger partial charge on any atom is -0.289 e. The van der Waals surface area contributed by atoms with Gasteiger partial charge >= 0.3 is 0 Å². The Labute approximate surface area is 39.7 Å². The van der Waals surface area contributed by atoms with Crippen LogP contribution in [0.3, 0.4) is 0 Å². The molecule has 0 rings (SSSR count). The molecule has 0 aliphatic heterocycles. The Balaban J connectivity index is 3.16. The molecule has 0 fully saturated rings. The second-order valence-electron chi connectivity index (χ2n) is 0.933. The average molecular weight is 109 g/mol. The van der Waals surface area contributed by atoms with Crippen molar-refractivity contribution in [3.63, 3.8) is 0 Å². The van der Waals surface area contributed by atoms with Crippen molar-refractivity contribution < 1.29 is 13.6 Å². The number of carbonyl (C=O) groups is 1. The second-order valence-corrected chi connectivity index (χ2v) is 0.933. The van der Waals surface area contributed by atoms with Crippen LogP contribution in [0.4, 0.5) is 8.78 Å². The molecule has 0 heterocycles. The lowest BCUT2D eigenvalue weighted by atomic mass is 10.9. The van der Waals surface area contributed by atoms with Crippen LogP contribution in [-0.2, 0) is 4.79 Å². The summed E-state index contributed by atoms with van der Waals surface area (Å²) in [7, 11) is 0. The summed E-state index contributed by atoms with van der Waals surface area (Å²) in [6.07, 6.45) is 0.111. The fourth-order valence-corrected chi connectivity index (χ4v) is 0.0883. The van der Waals surface area contributed by atoms with Gasteiger partial charge in [0, 0.05) is 0 Å². The first-order valence-electron chi connectivity index (χ1n) is 1.66. The van der Waals surface area contributed by atoms with Crippen molar-refractivity contribution in [1.29, 1.82) is 0 Å². The summed E-state index contributed by atoms with van der Waals surface area (Å²) in [5.74, 6) is 0. The van der Waals surface area contributed by atoms with E-state index in [1.165, 1.54) is 0 Å². The maximum Gasteiger partial charge on any atom is 0.213 e. The SMILES string of the molecule is O=CN(CF)CF. The summed E-state index contributed by atoms with van der Waals surface area (Å²) in [4.78, 5) is 9.77. The molecule has 4 heteroatoms. The molecule has 0 unspecified atom stereocenters. The fraction of sp³-hybridized carbons (Fsp3) is 0.667. The predicted octanol–water partition coefficient (Wildman–Crippen LogP) is 0.299. The Morgan fingerprint density at radius 3 is 1.86 bits per heavy atom. The maximum absolute atomic E-state index is 11.1. The summed E-state index contributed by atoms with van der Waals surface area (Å²) in [6, 6.07) is 0. The van der Waals surface area contributed by atoms with Crippen LogP contribution in [0.25, 0.3) is 0 Å². The Hall–Kier alpha value is -0.670. The third kappa shape index (κ3) is 2.08. The van der Waals surface area contributed by atoms with E-state index < -0.39 is 13.6 Å². The van der Waals surface area contributed by atoms with Crippen LogP contribution >= 0.6 is 0 Å². The Morgan fingerprint density at radius 1 is 1.43 bits per heavy atom. The first-order chi connectivity index (χ1) is 3.35. The van der Waals surface area contributed by atoms with E-state index in [4.69, 9.17) is 0 Å². The molecule has 0 bridgehead atoms. The third-order valence-corrected chi connectivity index (χ3v) is 0.456. The van der Waals surface area contributed by atoms with Crippen LogP contribution in [0.5, 0.6) is 0 Å². The molecule has 0 N–H and O–H groups in total. The fourth-order valence-electron chi connectivity index (χ4n) is 0.0883. The molecule has 2 nitrogen and oxygen atoms in total. The van der Waals surface area contributed by atoms with Gasteiger partial charge in [-0.2, -0.15) is 0 Å². The molecular formula is C3H5F2NO. The number of nitrogens with zero attached hydrogens (tertiary/aromatic N) is 1. The second kappa shape index (κ2) is 3.52. The van der Waals surface area contributed by atoms with Gasteiger partial charge in [0.25, 0.3) is 0 Å². The van der Waals surface area contributed by atoms with Crippen LogP contribution in [0.2, 0.25) is 0 Å². The van der Waals surface area contributed by atoms with Gasteiger partial charge in [-0.05, 0) is 0 Å². The summed E-state index contributed by atoms with van der Waals surface area (Å²) >= 11 is 0. The van der Waals surface area contributed by atoms with Crippen molar-refractivity contribution in [2.45, 2.75) is 0 Å². The van der Waals surface area contributed by atoms with E-state index in [2.05, 4.69) is 0 Å². The zero-order valence-corrected chi connectivity index (χ0v) is 3.60. The van der Waals surface area contributed by atoms with E-state index >= 15 is 0 Å². The van der Waals surface area contributed by atoms with Gasteiger partial charge in [-0.15, -0.1) is 0 Å². The van der Waals surface area contributed by atoms with Crippen molar-refractivity contribution in [2.75, 3.05) is 13.6 Å². The summed E-state index contributed by atoms with van der Waals surface area (Å²) < 4.78 is 22.2. The van der Waals surface area contributed by atoms with E-state index in [0.29, 0.717) is 4.90 Å². The van der Waals surface area contributed by atoms with Gasteiger partial charge in [0.2, 0.25) is 6.41 Å². The van der Waals surface area contributed by atoms with Crippen LogP contribution in [0.1, 0.15) is 0 Å². The molecule has 0 atom stereocenters. The Kier molecular flexibility index (Phi) is 3.18. The zero-order valence-electron chi connectivity index (χ0n) is 3.60. The van der Waals surface area contributed by atoms with Crippen molar-refractivity contribution in [3.8, 4) is 0 Å². The van der Waals surface area contributed by atoms with E-state index in [0.717, 1.165) is 0 Å². The minimum atomic E-state index is -1.06. The van der Waals surface area contributed by atoms with Gasteiger partial charge in [0.05, 0.1) is 0 Å². The van der Waals surface area contributed by atoms with Crippen LogP contribution in [0, 0.1) is 0 Å². The molecule has 0 aromatic carbocycles. The van der Waals surface area contributed by atoms with Crippen molar-refractivity contribution in [3.05, 3.63) is 0 Å². The first kappa shape index (κ1) is 6.33. The first-order valence-corrected chi connectivity index (χ1v) is 1.66. The summed E-state index contributed by atoms with van der Waals surface area (Å²) in [5, 5.41) is 0. The molecule has 0 spiro atoms. The number of carbonyl (C=O) groups excluding carboxylic acids is 1. The molecule has 7 heavy (non-hydrogen) atoms. The number of hydrogen-bond donors (Lipinski definition) is 0. The molecule has 0 aromatic heterocycles. The topological polar surface area (TPSA) is 20.3 Å². The lowest BCUT2D eigenvalue weighted by Crippen LogP contribution is -2.18. The van der Waals surface area contributed by atoms with Crippen molar-refractivity contribution in [1.82, 2.24) is 4.90 Å². The van der Waals surface area contributed by atoms with Crippen molar-refractivity contribution in [2.24, 2.45) is 0 Å². The van der Waals surface area contributed by atoms with Gasteiger partial charge in [0.15, 0.2) is 13.6 Å². The molecule has 1 amide bonds. The summed E-state index contributed by atoms with van der Waals surface area (Å²) in [5.41, 5.74) is 0. The van der Waals surface area contributed by atoms with Crippen LogP contribution in [-0.4, -0.2) is 24.9 Å². The van der Waals surface area contributed by atoms with Crippen LogP contribution < -0.4 is 0 Å². The highest BCUT2D eigenvalue weighted by Gasteiger charge is 1.93. The molecule has 0 aliphatic carbocycles. The highest BCUT2D eigenvalue weighted by molar-refractivity contribution is 5.46. The smallest absolute Gasteiger partial charge is 0.213 e. The monoisotopic (exact) mass is 109 g/mol. The normalized spacial score (nSPS) is 8.29. The van der Waals surface area contributed by atoms with Crippen LogP contribution in [0.15, 0.2) is 0 Å². The van der Waals surface area contributed by atoms with E-state index in [-0.39, 0.29) is 6.41 Å². The Bertz CT molecular complexity index is 54.9. The predicted molar refractivity (Wildman–Crippen MR) is 19.9 cm³/mol. The summed E-state index contributed by atoms with van der Waals surface area (Å²) in [6.45, 7) is -2.11. The number of amides is 1. The minimum absolute atomic E-state index is 0.111. The van der Waals surface area contributed by atoms with Gasteiger partial charge in [0.1, 0.15) is 0 Å². The number of rotatable bonds is 3. The standard InChI is InChI=1S/C3H5F2NO/c4-1-6(2-5)3-7/h3H,1-2H2.